The van der Waals surface area contributed by atoms with E-state index in [1.165, 1.54) is 27.2 Å². The van der Waals surface area contributed by atoms with Crippen LogP contribution in [-0.2, 0) is 0 Å². The highest BCUT2D eigenvalue weighted by Gasteiger charge is 2.21. The van der Waals surface area contributed by atoms with Gasteiger partial charge in [-0.05, 0) is 46.0 Å². The molecule has 2 aromatic heterocycles. The number of rotatable bonds is 4. The van der Waals surface area contributed by atoms with Gasteiger partial charge >= 0.3 is 0 Å². The molecule has 0 N–H and O–H groups in total. The molecule has 0 radical (unpaired) electrons. The molecular formula is C35H27N3. The molecule has 0 spiro atoms. The summed E-state index contributed by atoms with van der Waals surface area (Å²) in [6.07, 6.45) is 0. The van der Waals surface area contributed by atoms with Crippen LogP contribution in [0.25, 0.3) is 60.7 Å². The lowest BCUT2D eigenvalue weighted by molar-refractivity contribution is 0.979. The fourth-order valence-corrected chi connectivity index (χ4v) is 5.44. The Kier molecular flexibility index (Phi) is 5.22. The van der Waals surface area contributed by atoms with Crippen molar-refractivity contribution in [2.45, 2.75) is 0 Å². The Labute approximate surface area is 222 Å². The van der Waals surface area contributed by atoms with Crippen molar-refractivity contribution in [2.75, 3.05) is 19.0 Å². The Hall–Kier alpha value is -4.89. The highest BCUT2D eigenvalue weighted by atomic mass is 15.2. The van der Waals surface area contributed by atoms with Gasteiger partial charge in [0.1, 0.15) is 5.69 Å². The summed E-state index contributed by atoms with van der Waals surface area (Å²) in [6, 6.07) is 45.4. The molecule has 7 aromatic rings. The summed E-state index contributed by atoms with van der Waals surface area (Å²) >= 11 is 0. The van der Waals surface area contributed by atoms with E-state index in [4.69, 9.17) is 5.10 Å². The van der Waals surface area contributed by atoms with Gasteiger partial charge in [-0.2, -0.15) is 5.10 Å². The summed E-state index contributed by atoms with van der Waals surface area (Å²) in [5.74, 6) is 0. The second-order valence-corrected chi connectivity index (χ2v) is 9.97. The van der Waals surface area contributed by atoms with Gasteiger partial charge in [0.15, 0.2) is 0 Å². The van der Waals surface area contributed by atoms with Crippen LogP contribution in [0.1, 0.15) is 0 Å². The van der Waals surface area contributed by atoms with E-state index in [-0.39, 0.29) is 0 Å². The first-order chi connectivity index (χ1) is 18.7. The first kappa shape index (κ1) is 22.3. The van der Waals surface area contributed by atoms with E-state index >= 15 is 0 Å². The topological polar surface area (TPSA) is 20.5 Å². The standard InChI is InChI=1S/C35H27N3/c1-37(2)30-19-20-31-29(22-30)23-32(25-12-5-3-6-13-25)38-35(31)33(26-14-7-4-8-15-26)34(36-38)28-18-17-24-11-9-10-16-27(24)21-28/h3-23H,1-2H3. The van der Waals surface area contributed by atoms with Crippen LogP contribution in [0.5, 0.6) is 0 Å². The van der Waals surface area contributed by atoms with Crippen molar-refractivity contribution in [1.29, 1.82) is 0 Å². The molecule has 0 amide bonds. The number of anilines is 1. The van der Waals surface area contributed by atoms with Crippen LogP contribution >= 0.6 is 0 Å². The maximum absolute atomic E-state index is 5.36. The molecule has 5 aromatic carbocycles. The van der Waals surface area contributed by atoms with Gasteiger partial charge in [0.05, 0.1) is 11.2 Å². The average Bonchev–Trinajstić information content (AvgIpc) is 3.38. The Morgan fingerprint density at radius 2 is 1.24 bits per heavy atom. The SMILES string of the molecule is CN(C)c1ccc2c(c1)cc(-c1ccccc1)n1nc(-c3ccc4ccccc4c3)c(-c3ccccc3)c21. The fourth-order valence-electron chi connectivity index (χ4n) is 5.44. The zero-order valence-corrected chi connectivity index (χ0v) is 21.5. The molecule has 0 saturated heterocycles. The molecule has 0 atom stereocenters. The van der Waals surface area contributed by atoms with Crippen LogP contribution in [0.2, 0.25) is 0 Å². The molecule has 38 heavy (non-hydrogen) atoms. The van der Waals surface area contributed by atoms with Crippen LogP contribution in [0, 0.1) is 0 Å². The Morgan fingerprint density at radius 3 is 1.97 bits per heavy atom. The monoisotopic (exact) mass is 489 g/mol. The van der Waals surface area contributed by atoms with Crippen LogP contribution in [-0.4, -0.2) is 23.7 Å². The number of aromatic nitrogens is 2. The maximum Gasteiger partial charge on any atom is 0.101 e. The van der Waals surface area contributed by atoms with E-state index < -0.39 is 0 Å². The molecule has 0 saturated carbocycles. The fraction of sp³-hybridized carbons (Fsp3) is 0.0571. The molecule has 3 heteroatoms. The van der Waals surface area contributed by atoms with Gasteiger partial charge in [0.25, 0.3) is 0 Å². The van der Waals surface area contributed by atoms with Gasteiger partial charge in [-0.15, -0.1) is 0 Å². The summed E-state index contributed by atoms with van der Waals surface area (Å²) in [5.41, 5.74) is 8.94. The van der Waals surface area contributed by atoms with E-state index in [1.54, 1.807) is 0 Å². The highest BCUT2D eigenvalue weighted by molar-refractivity contribution is 6.09. The van der Waals surface area contributed by atoms with Gasteiger partial charge in [0.2, 0.25) is 0 Å². The second-order valence-electron chi connectivity index (χ2n) is 9.97. The molecule has 0 unspecified atom stereocenters. The van der Waals surface area contributed by atoms with Gasteiger partial charge in [-0.3, -0.25) is 0 Å². The quantitative estimate of drug-likeness (QED) is 0.246. The smallest absolute Gasteiger partial charge is 0.101 e. The third-order valence-electron chi connectivity index (χ3n) is 7.37. The van der Waals surface area contributed by atoms with Crippen molar-refractivity contribution in [3.63, 3.8) is 0 Å². The van der Waals surface area contributed by atoms with E-state index in [0.29, 0.717) is 0 Å². The van der Waals surface area contributed by atoms with Crippen molar-refractivity contribution in [2.24, 2.45) is 0 Å². The van der Waals surface area contributed by atoms with Gasteiger partial charge < -0.3 is 4.90 Å². The maximum atomic E-state index is 5.36. The minimum absolute atomic E-state index is 0.989. The Balaban J connectivity index is 1.64. The summed E-state index contributed by atoms with van der Waals surface area (Å²) in [6.45, 7) is 0. The first-order valence-corrected chi connectivity index (χ1v) is 12.9. The van der Waals surface area contributed by atoms with Crippen molar-refractivity contribution in [3.8, 4) is 33.6 Å². The third-order valence-corrected chi connectivity index (χ3v) is 7.37. The lowest BCUT2D eigenvalue weighted by Gasteiger charge is -2.15. The average molecular weight is 490 g/mol. The lowest BCUT2D eigenvalue weighted by atomic mass is 9.95. The largest absolute Gasteiger partial charge is 0.378 e. The Bertz CT molecular complexity index is 1930. The summed E-state index contributed by atoms with van der Waals surface area (Å²) in [5, 5.41) is 10.2. The molecule has 2 heterocycles. The molecule has 0 aliphatic carbocycles. The molecule has 0 aliphatic rings. The van der Waals surface area contributed by atoms with Crippen molar-refractivity contribution < 1.29 is 0 Å². The predicted molar refractivity (Wildman–Crippen MR) is 161 cm³/mol. The van der Waals surface area contributed by atoms with Crippen LogP contribution in [0.4, 0.5) is 5.69 Å². The van der Waals surface area contributed by atoms with Crippen molar-refractivity contribution in [3.05, 3.63) is 127 Å². The minimum Gasteiger partial charge on any atom is -0.378 e. The first-order valence-electron chi connectivity index (χ1n) is 12.9. The number of hydrogen-bond acceptors (Lipinski definition) is 2. The lowest BCUT2D eigenvalue weighted by Crippen LogP contribution is -2.08. The number of pyridine rings is 1. The molecule has 0 fully saturated rings. The molecule has 0 aliphatic heterocycles. The van der Waals surface area contributed by atoms with Crippen LogP contribution in [0.15, 0.2) is 127 Å². The zero-order valence-electron chi connectivity index (χ0n) is 21.5. The number of hydrogen-bond donors (Lipinski definition) is 0. The highest BCUT2D eigenvalue weighted by Crippen LogP contribution is 2.41. The second kappa shape index (κ2) is 8.89. The van der Waals surface area contributed by atoms with Gasteiger partial charge in [-0.25, -0.2) is 4.52 Å². The molecule has 7 rings (SSSR count). The summed E-state index contributed by atoms with van der Waals surface area (Å²) in [7, 11) is 4.17. The normalized spacial score (nSPS) is 11.4. The van der Waals surface area contributed by atoms with E-state index in [9.17, 15) is 0 Å². The minimum atomic E-state index is 0.989. The summed E-state index contributed by atoms with van der Waals surface area (Å²) in [4.78, 5) is 2.15. The molecule has 0 bridgehead atoms. The molecular weight excluding hydrogens is 462 g/mol. The van der Waals surface area contributed by atoms with Gasteiger partial charge in [0, 0.05) is 41.9 Å². The van der Waals surface area contributed by atoms with Gasteiger partial charge in [-0.1, -0.05) is 103 Å². The number of fused-ring (bicyclic) bond motifs is 4. The van der Waals surface area contributed by atoms with E-state index in [1.807, 2.05) is 0 Å². The van der Waals surface area contributed by atoms with Crippen molar-refractivity contribution >= 4 is 32.7 Å². The number of nitrogens with zero attached hydrogens (tertiary/aromatic N) is 3. The van der Waals surface area contributed by atoms with Crippen LogP contribution < -0.4 is 4.90 Å². The van der Waals surface area contributed by atoms with E-state index in [2.05, 4.69) is 151 Å². The molecule has 182 valence electrons. The summed E-state index contributed by atoms with van der Waals surface area (Å²) < 4.78 is 2.15. The Morgan fingerprint density at radius 1 is 0.553 bits per heavy atom. The van der Waals surface area contributed by atoms with Crippen LogP contribution in [0.3, 0.4) is 0 Å². The van der Waals surface area contributed by atoms with Crippen molar-refractivity contribution in [1.82, 2.24) is 9.61 Å². The number of benzene rings is 5. The van der Waals surface area contributed by atoms with E-state index in [0.717, 1.165) is 39.2 Å². The predicted octanol–water partition coefficient (Wildman–Crippen LogP) is 8.71. The zero-order chi connectivity index (χ0) is 25.6. The molecule has 3 nitrogen and oxygen atoms in total. The third kappa shape index (κ3) is 3.63.